The van der Waals surface area contributed by atoms with Gasteiger partial charge >= 0.3 is 0 Å². The van der Waals surface area contributed by atoms with Gasteiger partial charge in [-0.05, 0) is 50.1 Å². The highest BCUT2D eigenvalue weighted by Gasteiger charge is 2.21. The first-order valence-electron chi connectivity index (χ1n) is 11.0. The molecule has 3 heterocycles. The average Bonchev–Trinajstić information content (AvgIpc) is 3.42. The molecule has 0 unspecified atom stereocenters. The summed E-state index contributed by atoms with van der Waals surface area (Å²) in [6.07, 6.45) is 2.36. The molecule has 0 bridgehead atoms. The first-order valence-corrected chi connectivity index (χ1v) is 12.0. The summed E-state index contributed by atoms with van der Waals surface area (Å²) in [7, 11) is 0. The maximum absolute atomic E-state index is 13.0. The Bertz CT molecular complexity index is 1440. The van der Waals surface area contributed by atoms with E-state index in [1.165, 1.54) is 11.8 Å². The number of furan rings is 1. The van der Waals surface area contributed by atoms with E-state index < -0.39 is 0 Å². The number of para-hydroxylation sites is 1. The quantitative estimate of drug-likeness (QED) is 0.298. The first kappa shape index (κ1) is 23.4. The van der Waals surface area contributed by atoms with Crippen LogP contribution in [0.15, 0.2) is 57.0 Å². The van der Waals surface area contributed by atoms with Crippen molar-refractivity contribution in [3.63, 3.8) is 0 Å². The SMILES string of the molecule is CCCn1c(SCC(=O)Nc2c(C#N)c(C)c(C)n2Cc2ccco2)nc2ccccc2c1=O. The number of nitrogens with one attached hydrogen (secondary N) is 1. The molecule has 0 fully saturated rings. The van der Waals surface area contributed by atoms with Crippen molar-refractivity contribution in [2.24, 2.45) is 0 Å². The predicted molar refractivity (Wildman–Crippen MR) is 132 cm³/mol. The Kier molecular flexibility index (Phi) is 6.89. The molecule has 174 valence electrons. The van der Waals surface area contributed by atoms with E-state index in [0.29, 0.717) is 40.5 Å². The van der Waals surface area contributed by atoms with Gasteiger partial charge in [0.2, 0.25) is 5.91 Å². The van der Waals surface area contributed by atoms with Gasteiger partial charge in [-0.25, -0.2) is 4.98 Å². The fraction of sp³-hybridized carbons (Fsp3) is 0.280. The topological polar surface area (TPSA) is 106 Å². The minimum Gasteiger partial charge on any atom is -0.467 e. The number of benzene rings is 1. The van der Waals surface area contributed by atoms with E-state index in [1.54, 1.807) is 29.0 Å². The molecule has 4 rings (SSSR count). The molecule has 0 aliphatic heterocycles. The standard InChI is InChI=1S/C25H25N5O3S/c1-4-11-29-24(32)19-9-5-6-10-21(19)27-25(29)34-15-22(31)28-23-20(13-26)16(2)17(3)30(23)14-18-8-7-12-33-18/h5-10,12H,4,11,14-15H2,1-3H3,(H,28,31). The molecule has 9 heteroatoms. The fourth-order valence-corrected chi connectivity index (χ4v) is 4.69. The summed E-state index contributed by atoms with van der Waals surface area (Å²) in [4.78, 5) is 30.5. The zero-order valence-electron chi connectivity index (χ0n) is 19.3. The number of nitrogens with zero attached hydrogens (tertiary/aromatic N) is 4. The highest BCUT2D eigenvalue weighted by atomic mass is 32.2. The lowest BCUT2D eigenvalue weighted by molar-refractivity contribution is -0.113. The lowest BCUT2D eigenvalue weighted by Crippen LogP contribution is -2.24. The maximum Gasteiger partial charge on any atom is 0.262 e. The van der Waals surface area contributed by atoms with Gasteiger partial charge in [0, 0.05) is 12.2 Å². The van der Waals surface area contributed by atoms with Crippen molar-refractivity contribution in [2.75, 3.05) is 11.1 Å². The van der Waals surface area contributed by atoms with Gasteiger partial charge in [0.15, 0.2) is 5.16 Å². The zero-order chi connectivity index (χ0) is 24.2. The molecule has 0 saturated carbocycles. The molecule has 4 aromatic rings. The molecule has 0 radical (unpaired) electrons. The average molecular weight is 476 g/mol. The van der Waals surface area contributed by atoms with Crippen LogP contribution in [-0.4, -0.2) is 25.8 Å². The molecule has 0 aliphatic rings. The number of hydrogen-bond acceptors (Lipinski definition) is 6. The third kappa shape index (κ3) is 4.50. The molecule has 1 N–H and O–H groups in total. The van der Waals surface area contributed by atoms with Gasteiger partial charge in [0.1, 0.15) is 17.6 Å². The highest BCUT2D eigenvalue weighted by Crippen LogP contribution is 2.28. The van der Waals surface area contributed by atoms with Gasteiger partial charge in [-0.1, -0.05) is 30.8 Å². The molecular weight excluding hydrogens is 450 g/mol. The lowest BCUT2D eigenvalue weighted by atomic mass is 10.2. The maximum atomic E-state index is 13.0. The Morgan fingerprint density at radius 1 is 1.21 bits per heavy atom. The van der Waals surface area contributed by atoms with Gasteiger partial charge in [0.05, 0.1) is 35.0 Å². The van der Waals surface area contributed by atoms with Crippen molar-refractivity contribution in [2.45, 2.75) is 45.4 Å². The van der Waals surface area contributed by atoms with Gasteiger partial charge < -0.3 is 14.3 Å². The number of nitriles is 1. The van der Waals surface area contributed by atoms with Gasteiger partial charge in [-0.2, -0.15) is 5.26 Å². The molecule has 34 heavy (non-hydrogen) atoms. The van der Waals surface area contributed by atoms with Crippen LogP contribution in [0.5, 0.6) is 0 Å². The third-order valence-corrected chi connectivity index (χ3v) is 6.68. The number of hydrogen-bond donors (Lipinski definition) is 1. The minimum absolute atomic E-state index is 0.0450. The largest absolute Gasteiger partial charge is 0.467 e. The number of amides is 1. The van der Waals surface area contributed by atoms with Crippen LogP contribution in [0.4, 0.5) is 5.82 Å². The number of thioether (sulfide) groups is 1. The fourth-order valence-electron chi connectivity index (χ4n) is 3.86. The van der Waals surface area contributed by atoms with Crippen molar-refractivity contribution in [3.05, 3.63) is 75.6 Å². The Hall–Kier alpha value is -3.77. The van der Waals surface area contributed by atoms with Crippen molar-refractivity contribution < 1.29 is 9.21 Å². The number of aromatic nitrogens is 3. The number of rotatable bonds is 8. The van der Waals surface area contributed by atoms with E-state index in [2.05, 4.69) is 16.4 Å². The Morgan fingerprint density at radius 3 is 2.71 bits per heavy atom. The van der Waals surface area contributed by atoms with E-state index >= 15 is 0 Å². The van der Waals surface area contributed by atoms with Crippen molar-refractivity contribution in [1.29, 1.82) is 5.26 Å². The molecule has 0 saturated heterocycles. The summed E-state index contributed by atoms with van der Waals surface area (Å²) >= 11 is 1.21. The number of carbonyl (C=O) groups is 1. The molecule has 0 spiro atoms. The Morgan fingerprint density at radius 2 is 2.00 bits per heavy atom. The summed E-state index contributed by atoms with van der Waals surface area (Å²) in [5, 5.41) is 13.7. The van der Waals surface area contributed by atoms with Crippen LogP contribution in [0.2, 0.25) is 0 Å². The molecule has 3 aromatic heterocycles. The highest BCUT2D eigenvalue weighted by molar-refractivity contribution is 7.99. The number of anilines is 1. The van der Waals surface area contributed by atoms with E-state index in [4.69, 9.17) is 4.42 Å². The summed E-state index contributed by atoms with van der Waals surface area (Å²) in [5.74, 6) is 0.919. The van der Waals surface area contributed by atoms with Crippen molar-refractivity contribution in [3.8, 4) is 6.07 Å². The summed E-state index contributed by atoms with van der Waals surface area (Å²) in [6, 6.07) is 13.1. The van der Waals surface area contributed by atoms with Crippen LogP contribution in [0.1, 0.15) is 35.9 Å². The smallest absolute Gasteiger partial charge is 0.262 e. The Balaban J connectivity index is 1.59. The summed E-state index contributed by atoms with van der Waals surface area (Å²) < 4.78 is 8.95. The van der Waals surface area contributed by atoms with Gasteiger partial charge in [-0.3, -0.25) is 14.2 Å². The predicted octanol–water partition coefficient (Wildman–Crippen LogP) is 4.47. The monoisotopic (exact) mass is 475 g/mol. The molecule has 0 aliphatic carbocycles. The Labute approximate surface area is 201 Å². The number of carbonyl (C=O) groups excluding carboxylic acids is 1. The van der Waals surface area contributed by atoms with Crippen LogP contribution in [0, 0.1) is 25.2 Å². The van der Waals surface area contributed by atoms with Crippen LogP contribution in [-0.2, 0) is 17.9 Å². The van der Waals surface area contributed by atoms with Crippen LogP contribution >= 0.6 is 11.8 Å². The minimum atomic E-state index is -0.287. The molecule has 0 atom stereocenters. The summed E-state index contributed by atoms with van der Waals surface area (Å²) in [6.45, 7) is 6.67. The van der Waals surface area contributed by atoms with E-state index in [1.807, 2.05) is 43.5 Å². The second-order valence-corrected chi connectivity index (χ2v) is 8.86. The first-order chi connectivity index (χ1) is 16.4. The van der Waals surface area contributed by atoms with Crippen LogP contribution < -0.4 is 10.9 Å². The van der Waals surface area contributed by atoms with E-state index in [-0.39, 0.29) is 17.2 Å². The zero-order valence-corrected chi connectivity index (χ0v) is 20.1. The van der Waals surface area contributed by atoms with Crippen molar-refractivity contribution >= 4 is 34.4 Å². The summed E-state index contributed by atoms with van der Waals surface area (Å²) in [5.41, 5.74) is 2.61. The second-order valence-electron chi connectivity index (χ2n) is 7.92. The molecule has 8 nitrogen and oxygen atoms in total. The van der Waals surface area contributed by atoms with E-state index in [9.17, 15) is 14.9 Å². The number of fused-ring (bicyclic) bond motifs is 1. The normalized spacial score (nSPS) is 11.0. The second kappa shape index (κ2) is 10.0. The van der Waals surface area contributed by atoms with Crippen molar-refractivity contribution in [1.82, 2.24) is 14.1 Å². The van der Waals surface area contributed by atoms with E-state index in [0.717, 1.165) is 23.4 Å². The van der Waals surface area contributed by atoms with Crippen LogP contribution in [0.25, 0.3) is 10.9 Å². The van der Waals surface area contributed by atoms with Gasteiger partial charge in [-0.15, -0.1) is 0 Å². The van der Waals surface area contributed by atoms with Crippen LogP contribution in [0.3, 0.4) is 0 Å². The molecular formula is C25H25N5O3S. The molecule has 1 aromatic carbocycles. The lowest BCUT2D eigenvalue weighted by Gasteiger charge is -2.14. The third-order valence-electron chi connectivity index (χ3n) is 5.70. The molecule has 1 amide bonds. The van der Waals surface area contributed by atoms with Gasteiger partial charge in [0.25, 0.3) is 5.56 Å².